The lowest BCUT2D eigenvalue weighted by Crippen LogP contribution is -2.54. The fourth-order valence-corrected chi connectivity index (χ4v) is 1.76. The van der Waals surface area contributed by atoms with Gasteiger partial charge in [-0.3, -0.25) is 0 Å². The van der Waals surface area contributed by atoms with Gasteiger partial charge in [-0.2, -0.15) is 0 Å². The Morgan fingerprint density at radius 3 is 2.15 bits per heavy atom. The van der Waals surface area contributed by atoms with Crippen molar-refractivity contribution in [3.8, 4) is 0 Å². The fraction of sp³-hybridized carbons (Fsp3) is 0.800. The molecule has 0 aliphatic carbocycles. The van der Waals surface area contributed by atoms with Crippen LogP contribution in [0.25, 0.3) is 0 Å². The Hall–Kier alpha value is -0.540. The van der Waals surface area contributed by atoms with Crippen LogP contribution in [0.4, 0.5) is 0 Å². The van der Waals surface area contributed by atoms with Gasteiger partial charge in [-0.05, 0) is 26.7 Å². The van der Waals surface area contributed by atoms with E-state index in [9.17, 15) is 0 Å². The van der Waals surface area contributed by atoms with Gasteiger partial charge in [-0.15, -0.1) is 0 Å². The van der Waals surface area contributed by atoms with E-state index in [-0.39, 0.29) is 5.54 Å². The largest absolute Gasteiger partial charge is 0.401 e. The van der Waals surface area contributed by atoms with Crippen molar-refractivity contribution in [2.75, 3.05) is 13.1 Å². The highest BCUT2D eigenvalue weighted by atomic mass is 15.2. The Kier molecular flexibility index (Phi) is 2.98. The molecule has 1 aliphatic rings. The molecule has 4 N–H and O–H groups in total. The van der Waals surface area contributed by atoms with E-state index >= 15 is 0 Å². The number of hydrogen-bond donors (Lipinski definition) is 2. The third-order valence-corrected chi connectivity index (χ3v) is 3.06. The Labute approximate surface area is 80.8 Å². The molecule has 3 nitrogen and oxygen atoms in total. The van der Waals surface area contributed by atoms with Crippen LogP contribution in [0.15, 0.2) is 12.3 Å². The number of piperidine rings is 1. The molecule has 3 heteroatoms. The summed E-state index contributed by atoms with van der Waals surface area (Å²) in [5.41, 5.74) is 12.1. The Bertz CT molecular complexity index is 190. The number of nitrogens with zero attached hydrogens (tertiary/aromatic N) is 1. The van der Waals surface area contributed by atoms with Crippen LogP contribution in [0.5, 0.6) is 0 Å². The van der Waals surface area contributed by atoms with E-state index in [0.717, 1.165) is 25.9 Å². The van der Waals surface area contributed by atoms with Crippen LogP contribution in [-0.2, 0) is 0 Å². The first-order valence-corrected chi connectivity index (χ1v) is 4.93. The number of likely N-dealkylation sites (tertiary alicyclic amines) is 1. The van der Waals surface area contributed by atoms with E-state index in [1.165, 1.54) is 0 Å². The summed E-state index contributed by atoms with van der Waals surface area (Å²) in [6, 6.07) is 0.607. The number of rotatable bonds is 2. The van der Waals surface area contributed by atoms with E-state index in [0.29, 0.717) is 11.7 Å². The molecule has 0 atom stereocenters. The Morgan fingerprint density at radius 1 is 1.38 bits per heavy atom. The lowest BCUT2D eigenvalue weighted by atomic mass is 9.86. The number of nitrogens with two attached hydrogens (primary N) is 2. The smallest absolute Gasteiger partial charge is 0.0574 e. The van der Waals surface area contributed by atoms with Crippen molar-refractivity contribution in [1.29, 1.82) is 0 Å². The second-order valence-corrected chi connectivity index (χ2v) is 4.31. The highest BCUT2D eigenvalue weighted by Crippen LogP contribution is 2.24. The summed E-state index contributed by atoms with van der Waals surface area (Å²) >= 11 is 0. The zero-order chi connectivity index (χ0) is 10.1. The first kappa shape index (κ1) is 10.5. The summed E-state index contributed by atoms with van der Waals surface area (Å²) in [5, 5.41) is 0. The van der Waals surface area contributed by atoms with Crippen LogP contribution >= 0.6 is 0 Å². The second kappa shape index (κ2) is 3.68. The molecule has 0 aromatic rings. The molecule has 0 amide bonds. The minimum Gasteiger partial charge on any atom is -0.401 e. The molecule has 0 aromatic carbocycles. The molecule has 0 bridgehead atoms. The summed E-state index contributed by atoms with van der Waals surface area (Å²) in [5.74, 6) is 0. The lowest BCUT2D eigenvalue weighted by molar-refractivity contribution is 0.146. The highest BCUT2D eigenvalue weighted by molar-refractivity contribution is 5.13. The van der Waals surface area contributed by atoms with Crippen LogP contribution < -0.4 is 11.5 Å². The van der Waals surface area contributed by atoms with Gasteiger partial charge in [-0.25, -0.2) is 0 Å². The minimum absolute atomic E-state index is 0.314. The predicted molar refractivity (Wildman–Crippen MR) is 56.2 cm³/mol. The van der Waals surface area contributed by atoms with E-state index in [1.807, 2.05) is 0 Å². The van der Waals surface area contributed by atoms with Crippen LogP contribution in [0.1, 0.15) is 26.7 Å². The maximum Gasteiger partial charge on any atom is 0.0574 e. The average Bonchev–Trinajstić information content (AvgIpc) is 2.04. The molecule has 1 aliphatic heterocycles. The first-order valence-electron chi connectivity index (χ1n) is 4.93. The molecular formula is C10H21N3. The summed E-state index contributed by atoms with van der Waals surface area (Å²) in [7, 11) is 0. The SMILES string of the molecule is C=C(N)C1(N)CCN(C(C)C)CC1. The average molecular weight is 183 g/mol. The van der Waals surface area contributed by atoms with Gasteiger partial charge in [0.05, 0.1) is 5.54 Å². The van der Waals surface area contributed by atoms with Gasteiger partial charge in [0.15, 0.2) is 0 Å². The van der Waals surface area contributed by atoms with Crippen molar-refractivity contribution in [3.05, 3.63) is 12.3 Å². The van der Waals surface area contributed by atoms with Crippen molar-refractivity contribution in [2.24, 2.45) is 11.5 Å². The summed E-state index contributed by atoms with van der Waals surface area (Å²) in [4.78, 5) is 2.42. The third-order valence-electron chi connectivity index (χ3n) is 3.06. The maximum absolute atomic E-state index is 6.11. The summed E-state index contributed by atoms with van der Waals surface area (Å²) < 4.78 is 0. The van der Waals surface area contributed by atoms with E-state index in [4.69, 9.17) is 11.5 Å². The van der Waals surface area contributed by atoms with Crippen molar-refractivity contribution in [2.45, 2.75) is 38.3 Å². The van der Waals surface area contributed by atoms with Crippen LogP contribution in [0.3, 0.4) is 0 Å². The zero-order valence-electron chi connectivity index (χ0n) is 8.71. The molecule has 0 radical (unpaired) electrons. The van der Waals surface area contributed by atoms with Gasteiger partial charge in [0.25, 0.3) is 0 Å². The zero-order valence-corrected chi connectivity index (χ0v) is 8.71. The standard InChI is InChI=1S/C10H21N3/c1-8(2)13-6-4-10(12,5-7-13)9(3)11/h8H,3-7,11-12H2,1-2H3. The van der Waals surface area contributed by atoms with Gasteiger partial charge in [0, 0.05) is 24.8 Å². The molecule has 1 heterocycles. The molecule has 13 heavy (non-hydrogen) atoms. The molecule has 1 rings (SSSR count). The quantitative estimate of drug-likeness (QED) is 0.661. The van der Waals surface area contributed by atoms with Crippen LogP contribution in [0, 0.1) is 0 Å². The molecule has 0 aromatic heterocycles. The van der Waals surface area contributed by atoms with Crippen molar-refractivity contribution >= 4 is 0 Å². The normalized spacial score (nSPS) is 23.4. The maximum atomic E-state index is 6.11. The summed E-state index contributed by atoms with van der Waals surface area (Å²) in [6.45, 7) is 10.2. The van der Waals surface area contributed by atoms with E-state index in [1.54, 1.807) is 0 Å². The van der Waals surface area contributed by atoms with Crippen LogP contribution in [-0.4, -0.2) is 29.6 Å². The van der Waals surface area contributed by atoms with Gasteiger partial charge >= 0.3 is 0 Å². The minimum atomic E-state index is -0.314. The number of hydrogen-bond acceptors (Lipinski definition) is 3. The van der Waals surface area contributed by atoms with E-state index in [2.05, 4.69) is 25.3 Å². The van der Waals surface area contributed by atoms with Gasteiger partial charge in [-0.1, -0.05) is 6.58 Å². The topological polar surface area (TPSA) is 55.3 Å². The molecule has 0 unspecified atom stereocenters. The Morgan fingerprint density at radius 2 is 1.85 bits per heavy atom. The van der Waals surface area contributed by atoms with Gasteiger partial charge in [0.2, 0.25) is 0 Å². The molecule has 0 spiro atoms. The van der Waals surface area contributed by atoms with Gasteiger partial charge < -0.3 is 16.4 Å². The molecule has 0 saturated carbocycles. The second-order valence-electron chi connectivity index (χ2n) is 4.31. The molecule has 1 saturated heterocycles. The van der Waals surface area contributed by atoms with Crippen LogP contribution in [0.2, 0.25) is 0 Å². The van der Waals surface area contributed by atoms with Crippen molar-refractivity contribution < 1.29 is 0 Å². The van der Waals surface area contributed by atoms with Gasteiger partial charge in [0.1, 0.15) is 0 Å². The molecular weight excluding hydrogens is 162 g/mol. The third kappa shape index (κ3) is 2.23. The molecule has 76 valence electrons. The lowest BCUT2D eigenvalue weighted by Gasteiger charge is -2.40. The van der Waals surface area contributed by atoms with E-state index < -0.39 is 0 Å². The molecule has 1 fully saturated rings. The predicted octanol–water partition coefficient (Wildman–Crippen LogP) is 0.661. The fourth-order valence-electron chi connectivity index (χ4n) is 1.76. The Balaban J connectivity index is 2.51. The van der Waals surface area contributed by atoms with Crippen molar-refractivity contribution in [1.82, 2.24) is 4.90 Å². The first-order chi connectivity index (χ1) is 5.96. The summed E-state index contributed by atoms with van der Waals surface area (Å²) in [6.07, 6.45) is 1.86. The highest BCUT2D eigenvalue weighted by Gasteiger charge is 2.32. The van der Waals surface area contributed by atoms with Crippen molar-refractivity contribution in [3.63, 3.8) is 0 Å². The monoisotopic (exact) mass is 183 g/mol.